The van der Waals surface area contributed by atoms with Crippen molar-refractivity contribution in [3.05, 3.63) is 12.2 Å². The Morgan fingerprint density at radius 2 is 2.24 bits per heavy atom. The predicted molar refractivity (Wildman–Crippen MR) is 63.7 cm³/mol. The summed E-state index contributed by atoms with van der Waals surface area (Å²) in [4.78, 5) is 4.04. The molecule has 17 heavy (non-hydrogen) atoms. The van der Waals surface area contributed by atoms with E-state index in [1.54, 1.807) is 6.33 Å². The van der Waals surface area contributed by atoms with E-state index < -0.39 is 0 Å². The molecule has 2 rings (SSSR count). The highest BCUT2D eigenvalue weighted by Crippen LogP contribution is 2.35. The molecular weight excluding hydrogens is 218 g/mol. The third kappa shape index (κ3) is 2.40. The predicted octanol–water partition coefficient (Wildman–Crippen LogP) is 1.37. The first kappa shape index (κ1) is 11.9. The molecule has 0 aromatic carbocycles. The number of nitrogens with two attached hydrogens (primary N) is 1. The molecule has 3 N–H and O–H groups in total. The summed E-state index contributed by atoms with van der Waals surface area (Å²) in [6.45, 7) is 4.57. The second-order valence-electron chi connectivity index (χ2n) is 4.95. The number of oxime groups is 1. The first-order valence-electron chi connectivity index (χ1n) is 6.01. The van der Waals surface area contributed by atoms with Gasteiger partial charge in [0.05, 0.1) is 6.04 Å². The molecule has 1 saturated carbocycles. The highest BCUT2D eigenvalue weighted by molar-refractivity contribution is 5.93. The molecule has 3 unspecified atom stereocenters. The van der Waals surface area contributed by atoms with Crippen LogP contribution in [0.4, 0.5) is 0 Å². The van der Waals surface area contributed by atoms with E-state index in [-0.39, 0.29) is 5.84 Å². The molecule has 6 heteroatoms. The van der Waals surface area contributed by atoms with E-state index >= 15 is 0 Å². The number of hydrogen-bond acceptors (Lipinski definition) is 4. The number of aromatic nitrogens is 3. The van der Waals surface area contributed by atoms with Crippen molar-refractivity contribution in [1.82, 2.24) is 14.8 Å². The lowest BCUT2D eigenvalue weighted by molar-refractivity contribution is 0.200. The Morgan fingerprint density at radius 3 is 2.88 bits per heavy atom. The number of amidine groups is 1. The summed E-state index contributed by atoms with van der Waals surface area (Å²) in [5.74, 6) is 1.73. The van der Waals surface area contributed by atoms with E-state index in [0.29, 0.717) is 17.8 Å². The van der Waals surface area contributed by atoms with Crippen LogP contribution in [0.25, 0.3) is 0 Å². The molecule has 0 aliphatic heterocycles. The van der Waals surface area contributed by atoms with E-state index in [1.807, 2.05) is 4.68 Å². The minimum Gasteiger partial charge on any atom is -0.409 e. The Balaban J connectivity index is 2.10. The van der Waals surface area contributed by atoms with Crippen molar-refractivity contribution >= 4 is 5.84 Å². The minimum absolute atomic E-state index is 0.0408. The Morgan fingerprint density at radius 1 is 1.47 bits per heavy atom. The van der Waals surface area contributed by atoms with E-state index in [0.717, 1.165) is 18.8 Å². The van der Waals surface area contributed by atoms with Gasteiger partial charge < -0.3 is 10.9 Å². The summed E-state index contributed by atoms with van der Waals surface area (Å²) in [5.41, 5.74) is 5.45. The standard InChI is InChI=1S/C11H19N5O/c1-7-3-4-9(5-8(7)2)16-6-13-11(14-16)10(12)15-17/h6-9,17H,3-5H2,1-2H3,(H2,12,15). The van der Waals surface area contributed by atoms with E-state index in [4.69, 9.17) is 10.9 Å². The number of hydrogen-bond donors (Lipinski definition) is 2. The molecule has 6 nitrogen and oxygen atoms in total. The fourth-order valence-corrected chi connectivity index (χ4v) is 2.37. The van der Waals surface area contributed by atoms with Crippen LogP contribution >= 0.6 is 0 Å². The van der Waals surface area contributed by atoms with Crippen molar-refractivity contribution in [2.45, 2.75) is 39.2 Å². The molecule has 0 amide bonds. The zero-order chi connectivity index (χ0) is 12.4. The van der Waals surface area contributed by atoms with Crippen LogP contribution in [0.1, 0.15) is 45.0 Å². The molecule has 94 valence electrons. The highest BCUT2D eigenvalue weighted by Gasteiger charge is 2.26. The minimum atomic E-state index is -0.0408. The molecule has 1 aliphatic rings. The van der Waals surface area contributed by atoms with Crippen molar-refractivity contribution < 1.29 is 5.21 Å². The summed E-state index contributed by atoms with van der Waals surface area (Å²) >= 11 is 0. The number of nitrogens with zero attached hydrogens (tertiary/aromatic N) is 4. The van der Waals surface area contributed by atoms with Gasteiger partial charge in [-0.15, -0.1) is 5.10 Å². The first-order valence-corrected chi connectivity index (χ1v) is 6.01. The van der Waals surface area contributed by atoms with Crippen LogP contribution in [0.5, 0.6) is 0 Å². The van der Waals surface area contributed by atoms with Crippen molar-refractivity contribution in [3.8, 4) is 0 Å². The van der Waals surface area contributed by atoms with Crippen molar-refractivity contribution in [3.63, 3.8) is 0 Å². The Kier molecular flexibility index (Phi) is 3.31. The topological polar surface area (TPSA) is 89.3 Å². The van der Waals surface area contributed by atoms with Gasteiger partial charge in [0.2, 0.25) is 11.7 Å². The van der Waals surface area contributed by atoms with E-state index in [1.165, 1.54) is 6.42 Å². The second-order valence-corrected chi connectivity index (χ2v) is 4.95. The summed E-state index contributed by atoms with van der Waals surface area (Å²) in [6.07, 6.45) is 5.11. The maximum absolute atomic E-state index is 8.56. The van der Waals surface area contributed by atoms with Crippen molar-refractivity contribution in [1.29, 1.82) is 0 Å². The monoisotopic (exact) mass is 237 g/mol. The zero-order valence-corrected chi connectivity index (χ0v) is 10.2. The smallest absolute Gasteiger partial charge is 0.219 e. The molecule has 1 aromatic heterocycles. The van der Waals surface area contributed by atoms with Gasteiger partial charge in [-0.05, 0) is 31.1 Å². The molecule has 0 saturated heterocycles. The zero-order valence-electron chi connectivity index (χ0n) is 10.2. The number of rotatable bonds is 2. The molecule has 0 spiro atoms. The molecule has 0 bridgehead atoms. The van der Waals surface area contributed by atoms with Gasteiger partial charge in [0, 0.05) is 0 Å². The van der Waals surface area contributed by atoms with Crippen LogP contribution in [0.3, 0.4) is 0 Å². The molecule has 1 aromatic rings. The SMILES string of the molecule is CC1CCC(n2cnc(C(N)=NO)n2)CC1C. The van der Waals surface area contributed by atoms with Gasteiger partial charge in [0.25, 0.3) is 0 Å². The van der Waals surface area contributed by atoms with Gasteiger partial charge in [-0.3, -0.25) is 0 Å². The largest absolute Gasteiger partial charge is 0.409 e. The average Bonchev–Trinajstić information content (AvgIpc) is 2.81. The Hall–Kier alpha value is -1.59. The van der Waals surface area contributed by atoms with Crippen LogP contribution in [0, 0.1) is 11.8 Å². The molecule has 1 fully saturated rings. The lowest BCUT2D eigenvalue weighted by Crippen LogP contribution is -2.24. The quantitative estimate of drug-likeness (QED) is 0.352. The van der Waals surface area contributed by atoms with E-state index in [2.05, 4.69) is 29.1 Å². The van der Waals surface area contributed by atoms with E-state index in [9.17, 15) is 0 Å². The van der Waals surface area contributed by atoms with Crippen molar-refractivity contribution in [2.24, 2.45) is 22.7 Å². The molecule has 1 heterocycles. The van der Waals surface area contributed by atoms with Crippen LogP contribution < -0.4 is 5.73 Å². The normalized spacial score (nSPS) is 30.5. The first-order chi connectivity index (χ1) is 8.11. The maximum Gasteiger partial charge on any atom is 0.219 e. The molecule has 1 aliphatic carbocycles. The highest BCUT2D eigenvalue weighted by atomic mass is 16.4. The third-order valence-electron chi connectivity index (χ3n) is 3.79. The summed E-state index contributed by atoms with van der Waals surface area (Å²) in [5, 5.41) is 15.7. The maximum atomic E-state index is 8.56. The van der Waals surface area contributed by atoms with Gasteiger partial charge in [-0.1, -0.05) is 19.0 Å². The van der Waals surface area contributed by atoms with Gasteiger partial charge in [-0.2, -0.15) is 0 Å². The van der Waals surface area contributed by atoms with Gasteiger partial charge in [0.1, 0.15) is 6.33 Å². The Labute approximate surface area is 101 Å². The lowest BCUT2D eigenvalue weighted by Gasteiger charge is -2.31. The molecular formula is C11H19N5O. The lowest BCUT2D eigenvalue weighted by atomic mass is 9.79. The van der Waals surface area contributed by atoms with Gasteiger partial charge >= 0.3 is 0 Å². The van der Waals surface area contributed by atoms with Gasteiger partial charge in [-0.25, -0.2) is 9.67 Å². The summed E-state index contributed by atoms with van der Waals surface area (Å²) in [7, 11) is 0. The van der Waals surface area contributed by atoms with Crippen molar-refractivity contribution in [2.75, 3.05) is 0 Å². The fourth-order valence-electron chi connectivity index (χ4n) is 2.37. The summed E-state index contributed by atoms with van der Waals surface area (Å²) < 4.78 is 1.84. The average molecular weight is 237 g/mol. The molecule has 0 radical (unpaired) electrons. The van der Waals surface area contributed by atoms with Crippen LogP contribution in [0.15, 0.2) is 11.5 Å². The summed E-state index contributed by atoms with van der Waals surface area (Å²) in [6, 6.07) is 0.383. The molecule has 3 atom stereocenters. The second kappa shape index (κ2) is 4.73. The Bertz CT molecular complexity index is 414. The fraction of sp³-hybridized carbons (Fsp3) is 0.727. The van der Waals surface area contributed by atoms with Crippen LogP contribution in [-0.4, -0.2) is 25.8 Å². The van der Waals surface area contributed by atoms with Gasteiger partial charge in [0.15, 0.2) is 0 Å². The van der Waals surface area contributed by atoms with Crippen LogP contribution in [0.2, 0.25) is 0 Å². The van der Waals surface area contributed by atoms with Crippen LogP contribution in [-0.2, 0) is 0 Å². The third-order valence-corrected chi connectivity index (χ3v) is 3.79.